The van der Waals surface area contributed by atoms with Crippen molar-refractivity contribution in [2.24, 2.45) is 0 Å². The molecule has 12 heteroatoms. The predicted octanol–water partition coefficient (Wildman–Crippen LogP) is 4.01. The molecule has 1 N–H and O–H groups in total. The molecule has 40 heavy (non-hydrogen) atoms. The van der Waals surface area contributed by atoms with E-state index in [4.69, 9.17) is 37.1 Å². The van der Waals surface area contributed by atoms with Crippen LogP contribution in [0.4, 0.5) is 11.7 Å². The standard InChI is InChI=1S/C28H34Cl2N6O4/c1-18-25-19(13-20(29)14-21(25)30)3-6-36(18)27(37)24-17-35(9-12-39-24)23-16-31-15-22-26(23)40-28(33-22)32-4-2-5-34-7-10-38-11-8-34/h13-16,18,24H,2-12,17H2,1H3,(H,32,33)/t18-,24+/m0/s1. The van der Waals surface area contributed by atoms with E-state index >= 15 is 0 Å². The van der Waals surface area contributed by atoms with Crippen LogP contribution in [-0.4, -0.2) is 97.4 Å². The summed E-state index contributed by atoms with van der Waals surface area (Å²) in [5.74, 6) is -0.0470. The van der Waals surface area contributed by atoms with Gasteiger partial charge in [0.1, 0.15) is 11.2 Å². The first-order valence-electron chi connectivity index (χ1n) is 13.9. The van der Waals surface area contributed by atoms with Crippen molar-refractivity contribution in [3.8, 4) is 0 Å². The van der Waals surface area contributed by atoms with E-state index < -0.39 is 6.10 Å². The van der Waals surface area contributed by atoms with Gasteiger partial charge >= 0.3 is 0 Å². The van der Waals surface area contributed by atoms with Crippen LogP contribution in [0.3, 0.4) is 0 Å². The van der Waals surface area contributed by atoms with E-state index in [2.05, 4.69) is 25.1 Å². The molecular formula is C28H34Cl2N6O4. The van der Waals surface area contributed by atoms with Gasteiger partial charge in [-0.25, -0.2) is 0 Å². The van der Waals surface area contributed by atoms with Gasteiger partial charge in [-0.05, 0) is 49.6 Å². The lowest BCUT2D eigenvalue weighted by Gasteiger charge is -2.40. The molecule has 10 nitrogen and oxygen atoms in total. The molecule has 2 fully saturated rings. The third-order valence-corrected chi connectivity index (χ3v) is 8.49. The number of fused-ring (bicyclic) bond motifs is 2. The number of nitrogens with one attached hydrogen (secondary N) is 1. The van der Waals surface area contributed by atoms with Crippen LogP contribution in [0.5, 0.6) is 0 Å². The van der Waals surface area contributed by atoms with E-state index in [9.17, 15) is 4.79 Å². The molecule has 0 spiro atoms. The summed E-state index contributed by atoms with van der Waals surface area (Å²) in [6.07, 6.45) is 4.54. The van der Waals surface area contributed by atoms with Crippen LogP contribution in [-0.2, 0) is 20.7 Å². The topological polar surface area (TPSA) is 96.2 Å². The predicted molar refractivity (Wildman–Crippen MR) is 154 cm³/mol. The molecular weight excluding hydrogens is 555 g/mol. The molecule has 0 unspecified atom stereocenters. The highest BCUT2D eigenvalue weighted by atomic mass is 35.5. The van der Waals surface area contributed by atoms with Gasteiger partial charge in [0.15, 0.2) is 11.7 Å². The van der Waals surface area contributed by atoms with E-state index in [0.29, 0.717) is 59.8 Å². The highest BCUT2D eigenvalue weighted by Crippen LogP contribution is 2.38. The number of ether oxygens (including phenoxy) is 2. The van der Waals surface area contributed by atoms with Crippen molar-refractivity contribution in [1.82, 2.24) is 19.8 Å². The molecule has 3 aliphatic rings. The molecule has 0 radical (unpaired) electrons. The number of nitrogens with zero attached hydrogens (tertiary/aromatic N) is 5. The van der Waals surface area contributed by atoms with E-state index in [1.165, 1.54) is 0 Å². The molecule has 0 saturated carbocycles. The zero-order valence-corrected chi connectivity index (χ0v) is 24.1. The Kier molecular flexibility index (Phi) is 8.32. The third-order valence-electron chi connectivity index (χ3n) is 7.96. The molecule has 2 aromatic heterocycles. The maximum absolute atomic E-state index is 13.7. The first-order chi connectivity index (χ1) is 19.5. The van der Waals surface area contributed by atoms with Gasteiger partial charge in [0.25, 0.3) is 11.9 Å². The Balaban J connectivity index is 1.11. The van der Waals surface area contributed by atoms with Crippen molar-refractivity contribution >= 4 is 51.9 Å². The summed E-state index contributed by atoms with van der Waals surface area (Å²) in [6, 6.07) is 3.99. The number of morpholine rings is 2. The van der Waals surface area contributed by atoms with Crippen molar-refractivity contribution in [2.45, 2.75) is 31.9 Å². The second-order valence-corrected chi connectivity index (χ2v) is 11.3. The van der Waals surface area contributed by atoms with Gasteiger partial charge in [-0.15, -0.1) is 0 Å². The first-order valence-corrected chi connectivity index (χ1v) is 14.7. The van der Waals surface area contributed by atoms with Gasteiger partial charge in [0.2, 0.25) is 0 Å². The SMILES string of the molecule is C[C@H]1c2c(Cl)cc(Cl)cc2CCN1C(=O)[C@H]1CN(c2cncc3nc(NCCCN4CCOCC4)oc23)CCO1. The maximum Gasteiger partial charge on any atom is 0.295 e. The van der Waals surface area contributed by atoms with E-state index in [1.54, 1.807) is 18.5 Å². The Hall–Kier alpha value is -2.63. The zero-order valence-electron chi connectivity index (χ0n) is 22.6. The average Bonchev–Trinajstić information content (AvgIpc) is 3.39. The number of benzene rings is 1. The van der Waals surface area contributed by atoms with Crippen molar-refractivity contribution in [2.75, 3.05) is 75.9 Å². The molecule has 3 aliphatic heterocycles. The minimum atomic E-state index is -0.611. The van der Waals surface area contributed by atoms with Crippen LogP contribution in [0.2, 0.25) is 10.0 Å². The van der Waals surface area contributed by atoms with Gasteiger partial charge in [-0.1, -0.05) is 23.2 Å². The minimum Gasteiger partial charge on any atom is -0.421 e. The van der Waals surface area contributed by atoms with Crippen molar-refractivity contribution in [1.29, 1.82) is 0 Å². The number of oxazole rings is 1. The summed E-state index contributed by atoms with van der Waals surface area (Å²) in [6.45, 7) is 9.36. The lowest BCUT2D eigenvalue weighted by Crippen LogP contribution is -2.53. The third kappa shape index (κ3) is 5.73. The normalized spacial score (nSPS) is 22.0. The second kappa shape index (κ2) is 12.1. The Labute approximate surface area is 243 Å². The molecule has 0 bridgehead atoms. The zero-order chi connectivity index (χ0) is 27.6. The van der Waals surface area contributed by atoms with Crippen LogP contribution < -0.4 is 10.2 Å². The van der Waals surface area contributed by atoms with E-state index in [0.717, 1.165) is 62.6 Å². The number of amides is 1. The van der Waals surface area contributed by atoms with Crippen LogP contribution in [0.1, 0.15) is 30.5 Å². The van der Waals surface area contributed by atoms with Crippen molar-refractivity contribution in [3.05, 3.63) is 45.7 Å². The highest BCUT2D eigenvalue weighted by Gasteiger charge is 2.36. The van der Waals surface area contributed by atoms with Crippen LogP contribution >= 0.6 is 23.2 Å². The lowest BCUT2D eigenvalue weighted by atomic mass is 9.93. The molecule has 1 aromatic carbocycles. The molecule has 214 valence electrons. The smallest absolute Gasteiger partial charge is 0.295 e. The van der Waals surface area contributed by atoms with Gasteiger partial charge in [-0.3, -0.25) is 14.7 Å². The Morgan fingerprint density at radius 2 is 1.98 bits per heavy atom. The number of carbonyl (C=O) groups excluding carboxylic acids is 1. The van der Waals surface area contributed by atoms with Crippen molar-refractivity contribution in [3.63, 3.8) is 0 Å². The summed E-state index contributed by atoms with van der Waals surface area (Å²) >= 11 is 12.7. The van der Waals surface area contributed by atoms with Gasteiger partial charge in [-0.2, -0.15) is 4.98 Å². The Bertz CT molecular complexity index is 1360. The molecule has 1 amide bonds. The number of hydrogen-bond acceptors (Lipinski definition) is 9. The fourth-order valence-corrected chi connectivity index (χ4v) is 6.56. The first kappa shape index (κ1) is 27.5. The fraction of sp³-hybridized carbons (Fsp3) is 0.536. The number of anilines is 2. The summed E-state index contributed by atoms with van der Waals surface area (Å²) in [5.41, 5.74) is 4.19. The molecule has 0 aliphatic carbocycles. The molecule has 2 atom stereocenters. The minimum absolute atomic E-state index is 0.0470. The fourth-order valence-electron chi connectivity index (χ4n) is 5.87. The van der Waals surface area contributed by atoms with Crippen LogP contribution in [0, 0.1) is 0 Å². The number of halogens is 2. The largest absolute Gasteiger partial charge is 0.421 e. The van der Waals surface area contributed by atoms with E-state index in [1.807, 2.05) is 17.9 Å². The second-order valence-electron chi connectivity index (χ2n) is 10.5. The lowest BCUT2D eigenvalue weighted by molar-refractivity contribution is -0.147. The Morgan fingerprint density at radius 1 is 1.12 bits per heavy atom. The summed E-state index contributed by atoms with van der Waals surface area (Å²) in [5, 5.41) is 4.51. The molecule has 3 aromatic rings. The van der Waals surface area contributed by atoms with Crippen LogP contribution in [0.25, 0.3) is 11.1 Å². The van der Waals surface area contributed by atoms with Gasteiger partial charge in [0.05, 0.1) is 44.8 Å². The van der Waals surface area contributed by atoms with Gasteiger partial charge < -0.3 is 29.0 Å². The Morgan fingerprint density at radius 3 is 2.83 bits per heavy atom. The number of carbonyl (C=O) groups is 1. The van der Waals surface area contributed by atoms with E-state index in [-0.39, 0.29) is 11.9 Å². The number of aromatic nitrogens is 2. The number of pyridine rings is 1. The summed E-state index contributed by atoms with van der Waals surface area (Å²) in [4.78, 5) is 29.1. The molecule has 6 rings (SSSR count). The van der Waals surface area contributed by atoms with Crippen molar-refractivity contribution < 1.29 is 18.7 Å². The summed E-state index contributed by atoms with van der Waals surface area (Å²) < 4.78 is 17.5. The monoisotopic (exact) mass is 588 g/mol. The number of hydrogen-bond donors (Lipinski definition) is 1. The van der Waals surface area contributed by atoms with Crippen LogP contribution in [0.15, 0.2) is 28.9 Å². The summed E-state index contributed by atoms with van der Waals surface area (Å²) in [7, 11) is 0. The maximum atomic E-state index is 13.7. The molecule has 5 heterocycles. The quantitative estimate of drug-likeness (QED) is 0.410. The molecule has 2 saturated heterocycles. The highest BCUT2D eigenvalue weighted by molar-refractivity contribution is 6.35. The van der Waals surface area contributed by atoms with Gasteiger partial charge in [0, 0.05) is 42.8 Å². The number of rotatable bonds is 7. The average molecular weight is 590 g/mol.